The number of likely N-dealkylation sites (tertiary alicyclic amines) is 1. The maximum atomic E-state index is 11.2. The standard InChI is InChI=1S/C8H13NO3/c10-6-5-9-4-3-7(11)1-2-8(9)12/h10H,1-6H2. The van der Waals surface area contributed by atoms with E-state index < -0.39 is 0 Å². The Hall–Kier alpha value is -0.900. The number of hydrogen-bond acceptors (Lipinski definition) is 3. The molecule has 4 heteroatoms. The first-order chi connectivity index (χ1) is 5.74. The van der Waals surface area contributed by atoms with E-state index in [1.807, 2.05) is 0 Å². The molecule has 68 valence electrons. The Balaban J connectivity index is 2.50. The van der Waals surface area contributed by atoms with E-state index >= 15 is 0 Å². The molecule has 0 radical (unpaired) electrons. The van der Waals surface area contributed by atoms with Crippen molar-refractivity contribution in [3.05, 3.63) is 0 Å². The van der Waals surface area contributed by atoms with Crippen LogP contribution in [0.5, 0.6) is 0 Å². The van der Waals surface area contributed by atoms with E-state index in [4.69, 9.17) is 5.11 Å². The lowest BCUT2D eigenvalue weighted by atomic mass is 10.2. The van der Waals surface area contributed by atoms with E-state index in [-0.39, 0.29) is 18.3 Å². The Morgan fingerprint density at radius 1 is 1.25 bits per heavy atom. The van der Waals surface area contributed by atoms with Crippen LogP contribution in [0.15, 0.2) is 0 Å². The van der Waals surface area contributed by atoms with Crippen molar-refractivity contribution in [2.24, 2.45) is 0 Å². The van der Waals surface area contributed by atoms with E-state index in [9.17, 15) is 9.59 Å². The van der Waals surface area contributed by atoms with Crippen molar-refractivity contribution in [1.82, 2.24) is 4.90 Å². The number of hydrogen-bond donors (Lipinski definition) is 1. The summed E-state index contributed by atoms with van der Waals surface area (Å²) in [4.78, 5) is 23.7. The first-order valence-corrected chi connectivity index (χ1v) is 4.14. The maximum absolute atomic E-state index is 11.2. The monoisotopic (exact) mass is 171 g/mol. The molecule has 1 aliphatic heterocycles. The van der Waals surface area contributed by atoms with E-state index in [2.05, 4.69) is 0 Å². The molecule has 12 heavy (non-hydrogen) atoms. The summed E-state index contributed by atoms with van der Waals surface area (Å²) in [6, 6.07) is 0. The minimum atomic E-state index is -0.0278. The molecule has 1 saturated heterocycles. The number of Topliss-reactive ketones (excluding diaryl/α,β-unsaturated/α-hetero) is 1. The molecule has 1 heterocycles. The minimum Gasteiger partial charge on any atom is -0.395 e. The Labute approximate surface area is 71.2 Å². The van der Waals surface area contributed by atoms with E-state index in [0.717, 1.165) is 0 Å². The lowest BCUT2D eigenvalue weighted by molar-refractivity contribution is -0.131. The fourth-order valence-electron chi connectivity index (χ4n) is 1.27. The van der Waals surface area contributed by atoms with Gasteiger partial charge in [-0.25, -0.2) is 0 Å². The van der Waals surface area contributed by atoms with Gasteiger partial charge in [0.25, 0.3) is 0 Å². The molecular formula is C8H13NO3. The second kappa shape index (κ2) is 4.21. The van der Waals surface area contributed by atoms with E-state index in [1.165, 1.54) is 0 Å². The minimum absolute atomic E-state index is 0.0186. The topological polar surface area (TPSA) is 57.6 Å². The molecule has 0 unspecified atom stereocenters. The summed E-state index contributed by atoms with van der Waals surface area (Å²) in [5.74, 6) is 0.124. The van der Waals surface area contributed by atoms with Crippen molar-refractivity contribution < 1.29 is 14.7 Å². The predicted molar refractivity (Wildman–Crippen MR) is 42.5 cm³/mol. The van der Waals surface area contributed by atoms with Crippen molar-refractivity contribution in [1.29, 1.82) is 0 Å². The fraction of sp³-hybridized carbons (Fsp3) is 0.750. The van der Waals surface area contributed by atoms with Crippen LogP contribution in [0.3, 0.4) is 0 Å². The Kier molecular flexibility index (Phi) is 3.22. The Morgan fingerprint density at radius 2 is 2.00 bits per heavy atom. The molecule has 1 aliphatic rings. The number of nitrogens with zero attached hydrogens (tertiary/aromatic N) is 1. The van der Waals surface area contributed by atoms with Crippen molar-refractivity contribution in [2.75, 3.05) is 19.7 Å². The molecule has 0 aliphatic carbocycles. The van der Waals surface area contributed by atoms with Crippen LogP contribution in [0.4, 0.5) is 0 Å². The number of carbonyl (C=O) groups is 2. The quantitative estimate of drug-likeness (QED) is 0.612. The maximum Gasteiger partial charge on any atom is 0.223 e. The third-order valence-electron chi connectivity index (χ3n) is 2.00. The summed E-state index contributed by atoms with van der Waals surface area (Å²) < 4.78 is 0. The number of carbonyl (C=O) groups excluding carboxylic acids is 2. The molecular weight excluding hydrogens is 158 g/mol. The number of rotatable bonds is 2. The highest BCUT2D eigenvalue weighted by atomic mass is 16.3. The SMILES string of the molecule is O=C1CCC(=O)N(CCO)CC1. The molecule has 0 spiro atoms. The van der Waals surface area contributed by atoms with Gasteiger partial charge in [0.1, 0.15) is 5.78 Å². The summed E-state index contributed by atoms with van der Waals surface area (Å²) in [5, 5.41) is 8.62. The van der Waals surface area contributed by atoms with Crippen LogP contribution < -0.4 is 0 Å². The summed E-state index contributed by atoms with van der Waals surface area (Å²) >= 11 is 0. The van der Waals surface area contributed by atoms with Gasteiger partial charge in [0.15, 0.2) is 0 Å². The van der Waals surface area contributed by atoms with Crippen LogP contribution in [0.25, 0.3) is 0 Å². The zero-order valence-electron chi connectivity index (χ0n) is 6.95. The second-order valence-corrected chi connectivity index (χ2v) is 2.89. The van der Waals surface area contributed by atoms with Crippen LogP contribution in [0.1, 0.15) is 19.3 Å². The zero-order valence-corrected chi connectivity index (χ0v) is 6.95. The van der Waals surface area contributed by atoms with Gasteiger partial charge in [-0.2, -0.15) is 0 Å². The zero-order chi connectivity index (χ0) is 8.97. The lowest BCUT2D eigenvalue weighted by Gasteiger charge is -2.18. The van der Waals surface area contributed by atoms with Crippen LogP contribution in [-0.2, 0) is 9.59 Å². The number of ketones is 1. The highest BCUT2D eigenvalue weighted by Crippen LogP contribution is 2.07. The van der Waals surface area contributed by atoms with Crippen molar-refractivity contribution in [3.63, 3.8) is 0 Å². The Bertz CT molecular complexity index is 191. The molecule has 1 rings (SSSR count). The summed E-state index contributed by atoms with van der Waals surface area (Å²) in [6.07, 6.45) is 1.10. The molecule has 0 aromatic carbocycles. The number of β-amino-alcohol motifs (C(OH)–C–C–N with tert-alkyl or cyclic N) is 1. The molecule has 0 atom stereocenters. The lowest BCUT2D eigenvalue weighted by Crippen LogP contribution is -2.32. The summed E-state index contributed by atoms with van der Waals surface area (Å²) in [5.41, 5.74) is 0. The van der Waals surface area contributed by atoms with Gasteiger partial charge in [-0.05, 0) is 0 Å². The van der Waals surface area contributed by atoms with Gasteiger partial charge in [-0.1, -0.05) is 0 Å². The summed E-state index contributed by atoms with van der Waals surface area (Å²) in [7, 11) is 0. The third-order valence-corrected chi connectivity index (χ3v) is 2.00. The van der Waals surface area contributed by atoms with Crippen LogP contribution in [-0.4, -0.2) is 41.4 Å². The van der Waals surface area contributed by atoms with E-state index in [1.54, 1.807) is 4.90 Å². The highest BCUT2D eigenvalue weighted by molar-refractivity contribution is 5.87. The van der Waals surface area contributed by atoms with Gasteiger partial charge < -0.3 is 10.0 Å². The number of amides is 1. The van der Waals surface area contributed by atoms with Crippen LogP contribution >= 0.6 is 0 Å². The normalized spacial score (nSPS) is 19.6. The average molecular weight is 171 g/mol. The molecule has 0 aromatic rings. The van der Waals surface area contributed by atoms with Crippen molar-refractivity contribution in [2.45, 2.75) is 19.3 Å². The summed E-state index contributed by atoms with van der Waals surface area (Å²) in [6.45, 7) is 0.796. The Morgan fingerprint density at radius 3 is 2.67 bits per heavy atom. The smallest absolute Gasteiger partial charge is 0.223 e. The molecule has 1 amide bonds. The second-order valence-electron chi connectivity index (χ2n) is 2.89. The van der Waals surface area contributed by atoms with Crippen molar-refractivity contribution in [3.8, 4) is 0 Å². The van der Waals surface area contributed by atoms with Crippen molar-refractivity contribution >= 4 is 11.7 Å². The third kappa shape index (κ3) is 2.30. The molecule has 1 fully saturated rings. The van der Waals surface area contributed by atoms with Crippen LogP contribution in [0.2, 0.25) is 0 Å². The largest absolute Gasteiger partial charge is 0.395 e. The number of aliphatic hydroxyl groups excluding tert-OH is 1. The van der Waals surface area contributed by atoms with Gasteiger partial charge in [0.05, 0.1) is 6.61 Å². The van der Waals surface area contributed by atoms with Crippen LogP contribution in [0, 0.1) is 0 Å². The van der Waals surface area contributed by atoms with Gasteiger partial charge in [0, 0.05) is 32.4 Å². The molecule has 4 nitrogen and oxygen atoms in total. The first-order valence-electron chi connectivity index (χ1n) is 4.14. The fourth-order valence-corrected chi connectivity index (χ4v) is 1.27. The highest BCUT2D eigenvalue weighted by Gasteiger charge is 2.19. The van der Waals surface area contributed by atoms with Gasteiger partial charge in [-0.15, -0.1) is 0 Å². The molecule has 0 saturated carbocycles. The molecule has 0 aromatic heterocycles. The van der Waals surface area contributed by atoms with Gasteiger partial charge in [-0.3, -0.25) is 9.59 Å². The van der Waals surface area contributed by atoms with Gasteiger partial charge >= 0.3 is 0 Å². The molecule has 1 N–H and O–H groups in total. The average Bonchev–Trinajstić information content (AvgIpc) is 2.20. The molecule has 0 bridgehead atoms. The van der Waals surface area contributed by atoms with E-state index in [0.29, 0.717) is 32.4 Å². The predicted octanol–water partition coefficient (Wildman–Crippen LogP) is -0.440. The number of aliphatic hydroxyl groups is 1. The van der Waals surface area contributed by atoms with Gasteiger partial charge in [0.2, 0.25) is 5.91 Å². The first kappa shape index (κ1) is 9.19.